The van der Waals surface area contributed by atoms with Gasteiger partial charge >= 0.3 is 0 Å². The van der Waals surface area contributed by atoms with Crippen LogP contribution in [-0.2, 0) is 6.42 Å². The van der Waals surface area contributed by atoms with E-state index in [1.54, 1.807) is 0 Å². The lowest BCUT2D eigenvalue weighted by molar-refractivity contribution is 0.292. The first kappa shape index (κ1) is 11.2. The predicted octanol–water partition coefficient (Wildman–Crippen LogP) is 1.88. The third-order valence-corrected chi connectivity index (χ3v) is 2.53. The van der Waals surface area contributed by atoms with Crippen LogP contribution in [0, 0.1) is 5.82 Å². The molecule has 0 unspecified atom stereocenters. The van der Waals surface area contributed by atoms with Crippen LogP contribution in [0.4, 0.5) is 4.39 Å². The number of aryl methyl sites for hydroxylation is 1. The van der Waals surface area contributed by atoms with Gasteiger partial charge in [0.15, 0.2) is 17.3 Å². The lowest BCUT2D eigenvalue weighted by Gasteiger charge is -2.10. The van der Waals surface area contributed by atoms with Gasteiger partial charge in [-0.2, -0.15) is 0 Å². The molecule has 4 heteroatoms. The third-order valence-electron chi connectivity index (χ3n) is 2.53. The van der Waals surface area contributed by atoms with Crippen molar-refractivity contribution in [1.82, 2.24) is 0 Å². The van der Waals surface area contributed by atoms with Crippen LogP contribution in [0.2, 0.25) is 0 Å². The van der Waals surface area contributed by atoms with E-state index in [1.165, 1.54) is 6.07 Å². The van der Waals surface area contributed by atoms with Gasteiger partial charge in [0.25, 0.3) is 0 Å². The van der Waals surface area contributed by atoms with E-state index in [9.17, 15) is 4.39 Å². The molecular weight excluding hydrogens is 209 g/mol. The van der Waals surface area contributed by atoms with E-state index in [2.05, 4.69) is 0 Å². The highest BCUT2D eigenvalue weighted by atomic mass is 19.1. The molecule has 0 saturated carbocycles. The van der Waals surface area contributed by atoms with Crippen LogP contribution in [0.3, 0.4) is 0 Å². The van der Waals surface area contributed by atoms with Crippen LogP contribution < -0.4 is 15.2 Å². The summed E-state index contributed by atoms with van der Waals surface area (Å²) in [6.45, 7) is 1.69. The number of rotatable bonds is 3. The highest BCUT2D eigenvalue weighted by molar-refractivity contribution is 5.44. The monoisotopic (exact) mass is 225 g/mol. The van der Waals surface area contributed by atoms with Gasteiger partial charge in [0.05, 0.1) is 13.2 Å². The normalized spacial score (nSPS) is 14.6. The molecule has 1 aromatic rings. The minimum Gasteiger partial charge on any atom is -0.489 e. The van der Waals surface area contributed by atoms with Gasteiger partial charge in [0, 0.05) is 6.42 Å². The quantitative estimate of drug-likeness (QED) is 0.854. The molecule has 0 aromatic heterocycles. The Morgan fingerprint density at radius 1 is 1.25 bits per heavy atom. The summed E-state index contributed by atoms with van der Waals surface area (Å²) in [6.07, 6.45) is 2.40. The summed E-state index contributed by atoms with van der Waals surface area (Å²) in [5.41, 5.74) is 6.34. The van der Waals surface area contributed by atoms with E-state index >= 15 is 0 Å². The van der Waals surface area contributed by atoms with Crippen LogP contribution >= 0.6 is 0 Å². The number of ether oxygens (including phenoxy) is 2. The second-order valence-corrected chi connectivity index (χ2v) is 3.85. The molecule has 0 amide bonds. The number of hydrogen-bond acceptors (Lipinski definition) is 3. The van der Waals surface area contributed by atoms with Crippen LogP contribution in [0.15, 0.2) is 12.1 Å². The molecule has 0 bridgehead atoms. The first-order valence-electron chi connectivity index (χ1n) is 5.59. The molecule has 0 spiro atoms. The molecule has 1 heterocycles. The average molecular weight is 225 g/mol. The van der Waals surface area contributed by atoms with Gasteiger partial charge in [-0.05, 0) is 37.1 Å². The average Bonchev–Trinajstić information content (AvgIpc) is 2.51. The summed E-state index contributed by atoms with van der Waals surface area (Å²) >= 11 is 0. The van der Waals surface area contributed by atoms with Crippen molar-refractivity contribution in [2.24, 2.45) is 5.73 Å². The number of halogens is 1. The Kier molecular flexibility index (Phi) is 3.62. The van der Waals surface area contributed by atoms with Gasteiger partial charge in [0.2, 0.25) is 0 Å². The first-order chi connectivity index (χ1) is 7.81. The molecule has 88 valence electrons. The SMILES string of the molecule is NCCCc1cc(F)c2c(c1)OCCCO2. The Morgan fingerprint density at radius 3 is 2.88 bits per heavy atom. The molecule has 0 fully saturated rings. The predicted molar refractivity (Wildman–Crippen MR) is 59.4 cm³/mol. The minimum absolute atomic E-state index is 0.244. The zero-order valence-corrected chi connectivity index (χ0v) is 9.17. The highest BCUT2D eigenvalue weighted by Crippen LogP contribution is 2.33. The molecule has 1 aliphatic rings. The van der Waals surface area contributed by atoms with E-state index in [1.807, 2.05) is 6.07 Å². The largest absolute Gasteiger partial charge is 0.489 e. The minimum atomic E-state index is -0.341. The molecule has 0 atom stereocenters. The third kappa shape index (κ3) is 2.44. The maximum Gasteiger partial charge on any atom is 0.197 e. The highest BCUT2D eigenvalue weighted by Gasteiger charge is 2.16. The topological polar surface area (TPSA) is 44.5 Å². The number of fused-ring (bicyclic) bond motifs is 1. The van der Waals surface area contributed by atoms with Crippen molar-refractivity contribution in [3.05, 3.63) is 23.5 Å². The van der Waals surface area contributed by atoms with Crippen LogP contribution in [0.25, 0.3) is 0 Å². The second kappa shape index (κ2) is 5.16. The Bertz CT molecular complexity index is 368. The first-order valence-corrected chi connectivity index (χ1v) is 5.59. The maximum atomic E-state index is 13.7. The summed E-state index contributed by atoms with van der Waals surface area (Å²) in [6, 6.07) is 3.35. The lowest BCUT2D eigenvalue weighted by Crippen LogP contribution is -2.01. The number of hydrogen-bond donors (Lipinski definition) is 1. The molecule has 16 heavy (non-hydrogen) atoms. The summed E-state index contributed by atoms with van der Waals surface area (Å²) in [5.74, 6) is 0.421. The Hall–Kier alpha value is -1.29. The zero-order valence-electron chi connectivity index (χ0n) is 9.17. The lowest BCUT2D eigenvalue weighted by atomic mass is 10.1. The number of benzene rings is 1. The van der Waals surface area contributed by atoms with E-state index in [0.29, 0.717) is 25.5 Å². The van der Waals surface area contributed by atoms with Gasteiger partial charge < -0.3 is 15.2 Å². The molecule has 2 rings (SSSR count). The maximum absolute atomic E-state index is 13.7. The van der Waals surface area contributed by atoms with Crippen LogP contribution in [0.5, 0.6) is 11.5 Å². The van der Waals surface area contributed by atoms with Crippen LogP contribution in [0.1, 0.15) is 18.4 Å². The Morgan fingerprint density at radius 2 is 2.06 bits per heavy atom. The standard InChI is InChI=1S/C12H16FNO2/c13-10-7-9(3-1-4-14)8-11-12(10)16-6-2-5-15-11/h7-8H,1-6,14H2. The van der Waals surface area contributed by atoms with Crippen molar-refractivity contribution >= 4 is 0 Å². The van der Waals surface area contributed by atoms with E-state index in [4.69, 9.17) is 15.2 Å². The van der Waals surface area contributed by atoms with Crippen molar-refractivity contribution in [3.8, 4) is 11.5 Å². The Balaban J connectivity index is 2.24. The van der Waals surface area contributed by atoms with Gasteiger partial charge in [-0.15, -0.1) is 0 Å². The summed E-state index contributed by atoms with van der Waals surface area (Å²) in [7, 11) is 0. The van der Waals surface area contributed by atoms with Crippen molar-refractivity contribution in [3.63, 3.8) is 0 Å². The number of nitrogens with two attached hydrogens (primary N) is 1. The van der Waals surface area contributed by atoms with Gasteiger partial charge in [-0.25, -0.2) is 4.39 Å². The smallest absolute Gasteiger partial charge is 0.197 e. The van der Waals surface area contributed by atoms with Crippen molar-refractivity contribution in [1.29, 1.82) is 0 Å². The van der Waals surface area contributed by atoms with E-state index in [-0.39, 0.29) is 11.6 Å². The van der Waals surface area contributed by atoms with Gasteiger partial charge in [0.1, 0.15) is 0 Å². The molecule has 1 aliphatic heterocycles. The zero-order chi connectivity index (χ0) is 11.4. The van der Waals surface area contributed by atoms with Gasteiger partial charge in [-0.1, -0.05) is 0 Å². The molecule has 0 saturated heterocycles. The van der Waals surface area contributed by atoms with Crippen molar-refractivity contribution < 1.29 is 13.9 Å². The van der Waals surface area contributed by atoms with E-state index in [0.717, 1.165) is 24.8 Å². The Labute approximate surface area is 94.3 Å². The van der Waals surface area contributed by atoms with Crippen molar-refractivity contribution in [2.75, 3.05) is 19.8 Å². The molecule has 1 aromatic carbocycles. The fourth-order valence-corrected chi connectivity index (χ4v) is 1.73. The summed E-state index contributed by atoms with van der Waals surface area (Å²) in [4.78, 5) is 0. The molecular formula is C12H16FNO2. The van der Waals surface area contributed by atoms with Crippen LogP contribution in [-0.4, -0.2) is 19.8 Å². The van der Waals surface area contributed by atoms with Crippen molar-refractivity contribution in [2.45, 2.75) is 19.3 Å². The van der Waals surface area contributed by atoms with E-state index < -0.39 is 0 Å². The fourth-order valence-electron chi connectivity index (χ4n) is 1.73. The van der Waals surface area contributed by atoms with Gasteiger partial charge in [-0.3, -0.25) is 0 Å². The molecule has 3 nitrogen and oxygen atoms in total. The molecule has 2 N–H and O–H groups in total. The summed E-state index contributed by atoms with van der Waals surface area (Å²) < 4.78 is 24.5. The summed E-state index contributed by atoms with van der Waals surface area (Å²) in [5, 5.41) is 0. The fraction of sp³-hybridized carbons (Fsp3) is 0.500. The second-order valence-electron chi connectivity index (χ2n) is 3.85. The molecule has 0 radical (unpaired) electrons. The molecule has 0 aliphatic carbocycles.